The first-order chi connectivity index (χ1) is 41.8. The molecule has 5 saturated heterocycles. The Labute approximate surface area is 499 Å². The zero-order valence-electron chi connectivity index (χ0n) is 47.3. The number of hydrogen-bond acceptors (Lipinski definition) is 33. The molecule has 498 valence electrons. The molecule has 5 aliphatic rings. The van der Waals surface area contributed by atoms with Crippen LogP contribution in [0, 0.1) is 5.92 Å². The van der Waals surface area contributed by atoms with Gasteiger partial charge in [0.1, 0.15) is 91.1 Å². The molecule has 37 heteroatoms. The molecule has 0 bridgehead atoms. The number of rotatable bonds is 30. The average molecular weight is 1270 g/mol. The van der Waals surface area contributed by atoms with Gasteiger partial charge >= 0.3 is 5.97 Å². The summed E-state index contributed by atoms with van der Waals surface area (Å²) in [7, 11) is 1.000. The summed E-state index contributed by atoms with van der Waals surface area (Å²) < 4.78 is 66.0. The molecule has 18 N–H and O–H groups in total. The van der Waals surface area contributed by atoms with Gasteiger partial charge in [-0.05, 0) is 17.7 Å². The molecule has 9 unspecified atom stereocenters. The van der Waals surface area contributed by atoms with Crippen molar-refractivity contribution in [3.8, 4) is 0 Å². The van der Waals surface area contributed by atoms with Crippen LogP contribution in [0.25, 0.3) is 0 Å². The molecule has 0 spiro atoms. The molecule has 5 aliphatic heterocycles. The van der Waals surface area contributed by atoms with Crippen molar-refractivity contribution in [3.05, 3.63) is 35.4 Å². The number of carboxylic acid groups (broad SMARTS) is 1. The van der Waals surface area contributed by atoms with Crippen molar-refractivity contribution in [1.82, 2.24) is 21.3 Å². The van der Waals surface area contributed by atoms with Crippen molar-refractivity contribution in [2.45, 2.75) is 187 Å². The van der Waals surface area contributed by atoms with Crippen LogP contribution < -0.4 is 21.3 Å². The Morgan fingerprint density at radius 2 is 1.20 bits per heavy atom. The van der Waals surface area contributed by atoms with Gasteiger partial charge in [0.05, 0.1) is 45.2 Å². The zero-order chi connectivity index (χ0) is 64.9. The minimum atomic E-state index is -2.40. The molecule has 26 atom stereocenters. The maximum absolute atomic E-state index is 13.0. The number of carbonyl (C=O) groups is 7. The molecule has 3 amide bonds. The average Bonchev–Trinajstić information content (AvgIpc) is 1.17. The number of Topliss-reactive ketones (excluding diaryl/α,β-unsaturated/α-hetero) is 1. The summed E-state index contributed by atoms with van der Waals surface area (Å²) >= 11 is 0. The fraction of sp³-hybridized carbons (Fsp3) is 0.745. The number of aliphatic carboxylic acids is 1. The molecule has 0 aliphatic carbocycles. The van der Waals surface area contributed by atoms with E-state index in [1.165, 1.54) is 12.1 Å². The predicted octanol–water partition coefficient (Wildman–Crippen LogP) is -10.8. The maximum Gasteiger partial charge on any atom is 0.364 e. The van der Waals surface area contributed by atoms with Crippen molar-refractivity contribution in [1.29, 1.82) is 0 Å². The second kappa shape index (κ2) is 32.7. The molecule has 5 fully saturated rings. The van der Waals surface area contributed by atoms with Gasteiger partial charge < -0.3 is 150 Å². The topological polar surface area (TPSA) is 562 Å². The second-order valence-electron chi connectivity index (χ2n) is 21.0. The van der Waals surface area contributed by atoms with E-state index in [0.717, 1.165) is 21.0 Å². The number of carboxylic acids is 1. The third-order valence-corrected chi connectivity index (χ3v) is 15.0. The smallest absolute Gasteiger partial charge is 0.364 e. The number of amides is 3. The van der Waals surface area contributed by atoms with E-state index in [1.807, 2.05) is 0 Å². The van der Waals surface area contributed by atoms with E-state index in [1.54, 1.807) is 12.1 Å². The fourth-order valence-corrected chi connectivity index (χ4v) is 10.4. The van der Waals surface area contributed by atoms with E-state index in [0.29, 0.717) is 5.56 Å². The molecule has 0 radical (unpaired) electrons. The van der Waals surface area contributed by atoms with E-state index in [-0.39, 0.29) is 38.1 Å². The highest BCUT2D eigenvalue weighted by atomic mass is 16.8. The van der Waals surface area contributed by atoms with Crippen LogP contribution in [-0.4, -0.2) is 314 Å². The second-order valence-corrected chi connectivity index (χ2v) is 21.0. The van der Waals surface area contributed by atoms with Crippen molar-refractivity contribution in [2.24, 2.45) is 5.92 Å². The molecular formula is C51H76N4O33. The number of ketones is 1. The van der Waals surface area contributed by atoms with Crippen molar-refractivity contribution < 1.29 is 162 Å². The Morgan fingerprint density at radius 3 is 1.73 bits per heavy atom. The fourth-order valence-electron chi connectivity index (χ4n) is 10.4. The molecule has 88 heavy (non-hydrogen) atoms. The van der Waals surface area contributed by atoms with E-state index < -0.39 is 228 Å². The molecule has 1 aromatic rings. The summed E-state index contributed by atoms with van der Waals surface area (Å²) in [4.78, 5) is 85.9. The van der Waals surface area contributed by atoms with Crippen LogP contribution in [0.2, 0.25) is 0 Å². The summed E-state index contributed by atoms with van der Waals surface area (Å²) in [5, 5.41) is 159. The van der Waals surface area contributed by atoms with Gasteiger partial charge in [-0.15, -0.1) is 0 Å². The minimum Gasteiger partial charge on any atom is -0.477 e. The highest BCUT2D eigenvalue weighted by Gasteiger charge is 2.58. The van der Waals surface area contributed by atoms with Gasteiger partial charge in [-0.25, -0.2) is 4.79 Å². The van der Waals surface area contributed by atoms with Crippen LogP contribution in [0.15, 0.2) is 24.3 Å². The minimum absolute atomic E-state index is 0.0998. The van der Waals surface area contributed by atoms with Crippen LogP contribution in [0.5, 0.6) is 0 Å². The van der Waals surface area contributed by atoms with Crippen LogP contribution >= 0.6 is 0 Å². The largest absolute Gasteiger partial charge is 0.477 e. The Morgan fingerprint density at radius 1 is 0.670 bits per heavy atom. The van der Waals surface area contributed by atoms with E-state index in [9.17, 15) is 105 Å². The van der Waals surface area contributed by atoms with E-state index in [2.05, 4.69) is 21.3 Å². The van der Waals surface area contributed by atoms with Gasteiger partial charge in [0.15, 0.2) is 37.4 Å². The molecule has 6 rings (SSSR count). The summed E-state index contributed by atoms with van der Waals surface area (Å²) in [5.74, 6) is -7.94. The van der Waals surface area contributed by atoms with Gasteiger partial charge in [0, 0.05) is 58.4 Å². The lowest BCUT2D eigenvalue weighted by Gasteiger charge is -2.49. The monoisotopic (exact) mass is 1270 g/mol. The van der Waals surface area contributed by atoms with E-state index in [4.69, 9.17) is 56.8 Å². The summed E-state index contributed by atoms with van der Waals surface area (Å²) in [6.45, 7) is -1.90. The molecule has 0 aromatic heterocycles. The van der Waals surface area contributed by atoms with Crippen LogP contribution in [0.4, 0.5) is 0 Å². The van der Waals surface area contributed by atoms with Gasteiger partial charge in [-0.1, -0.05) is 12.1 Å². The van der Waals surface area contributed by atoms with Crippen molar-refractivity contribution in [2.75, 3.05) is 46.6 Å². The third kappa shape index (κ3) is 17.2. The summed E-state index contributed by atoms with van der Waals surface area (Å²) in [5.41, 5.74) is 0.770. The van der Waals surface area contributed by atoms with Crippen molar-refractivity contribution in [3.63, 3.8) is 0 Å². The quantitative estimate of drug-likeness (QED) is 0.0251. The third-order valence-electron chi connectivity index (χ3n) is 15.0. The zero-order valence-corrected chi connectivity index (χ0v) is 47.3. The van der Waals surface area contributed by atoms with Gasteiger partial charge in [0.2, 0.25) is 24.4 Å². The number of methoxy groups -OCH3 is 1. The molecular weight excluding hydrogens is 1200 g/mol. The first kappa shape index (κ1) is 71.8. The summed E-state index contributed by atoms with van der Waals surface area (Å²) in [6, 6.07) is 2.68. The van der Waals surface area contributed by atoms with Crippen LogP contribution in [-0.2, 0) is 92.2 Å². The van der Waals surface area contributed by atoms with E-state index >= 15 is 0 Å². The molecule has 37 nitrogen and oxygen atoms in total. The lowest BCUT2D eigenvalue weighted by Crippen LogP contribution is -2.70. The number of ether oxygens (including phenoxy) is 12. The Balaban J connectivity index is 1.01. The number of carbonyl (C=O) groups excluding carboxylic acids is 6. The number of benzene rings is 1. The normalized spacial score (nSPS) is 38.3. The number of aliphatic hydroxyl groups excluding tert-OH is 13. The standard InChI is InChI=1S/C51H76N4O33/c1-19(61)54-29-33(68)32(67)27(15-57)81-44(29)84-42-36(71)38(73)47(87-49(42)80-18-60)83-40-28(16-58)82-45(30(34(40)69)55-20(2)62)85-41-35(70)37(72)46(86-48(41)79-17-59)78-9-8-53-43(74)22-6-4-21(5-7-22)12-52-13-23(63)10-24-25(64)11-51(77-3,50(75)76)88-39(24)31(66)26(65)14-56/h4-7,17-18,24-42,44-49,52,56-58,64-73H,8-16H2,1-3H3,(H,53,74)(H,54,61)(H,55,62)(H,75,76)/t24-,25-,26-,27?,28?,29?,30?,31-,32-,33-,34-,35-,36-,37?,38?,39?,40-,41+,42+,44-,45-,46-,47-,48?,49?,51-/m1/s1. The molecule has 1 aromatic carbocycles. The first-order valence-electron chi connectivity index (χ1n) is 27.4. The van der Waals surface area contributed by atoms with Crippen molar-refractivity contribution >= 4 is 42.4 Å². The van der Waals surface area contributed by atoms with Gasteiger partial charge in [-0.2, -0.15) is 0 Å². The number of nitrogens with one attached hydrogen (secondary N) is 4. The Kier molecular flexibility index (Phi) is 26.7. The number of aliphatic hydroxyl groups is 13. The highest BCUT2D eigenvalue weighted by molar-refractivity contribution is 5.94. The van der Waals surface area contributed by atoms with Gasteiger partial charge in [-0.3, -0.25) is 28.8 Å². The van der Waals surface area contributed by atoms with Crippen LogP contribution in [0.3, 0.4) is 0 Å². The Hall–Kier alpha value is -5.25. The van der Waals surface area contributed by atoms with Crippen LogP contribution in [0.1, 0.15) is 42.6 Å². The summed E-state index contributed by atoms with van der Waals surface area (Å²) in [6.07, 6.45) is -42.7. The maximum atomic E-state index is 13.0. The molecule has 5 heterocycles. The van der Waals surface area contributed by atoms with Gasteiger partial charge in [0.25, 0.3) is 24.6 Å². The first-order valence-corrected chi connectivity index (χ1v) is 27.4. The SMILES string of the molecule is CO[C@]1(C(=O)O)C[C@@H](O)[C@@H](CC(=O)CNCc2ccc(C(=O)NCCO[C@@H]3OC(OC=O)[C@@H](O[C@H]4OC(CO)[C@@H](O[C@@H]5OC(OC=O)[C@@H](O[C@H]6OC(CO)[C@@H](O)[C@H](O)C6NC(C)=O)[C@H](O)C5O)[C@H](O)C4NC(C)=O)[C@H](O)C3O)cc2)C([C@H](O)[C@H](O)CO)O1. The highest BCUT2D eigenvalue weighted by Crippen LogP contribution is 2.39. The lowest BCUT2D eigenvalue weighted by atomic mass is 9.80. The Bertz CT molecular complexity index is 2460. The number of hydrogen-bond donors (Lipinski definition) is 18. The molecule has 0 saturated carbocycles. The lowest BCUT2D eigenvalue weighted by molar-refractivity contribution is -0.398. The predicted molar refractivity (Wildman–Crippen MR) is 277 cm³/mol.